The maximum absolute atomic E-state index is 13.5. The number of esters is 2. The van der Waals surface area contributed by atoms with Gasteiger partial charge in [-0.3, -0.25) is 29.4 Å². The molecule has 1 aromatic carbocycles. The monoisotopic (exact) mass is 507 g/mol. The Balaban J connectivity index is 0.00000342. The minimum Gasteiger partial charge on any atom is -0.422 e. The zero-order chi connectivity index (χ0) is 24.8. The van der Waals surface area contributed by atoms with Crippen LogP contribution in [-0.4, -0.2) is 53.2 Å². The van der Waals surface area contributed by atoms with Crippen molar-refractivity contribution in [1.29, 1.82) is 0 Å². The molecule has 35 heavy (non-hydrogen) atoms. The van der Waals surface area contributed by atoms with Crippen LogP contribution in [0.1, 0.15) is 75.6 Å². The molecule has 2 heterocycles. The summed E-state index contributed by atoms with van der Waals surface area (Å²) < 4.78 is 11.3. The quantitative estimate of drug-likeness (QED) is 0.366. The lowest BCUT2D eigenvalue weighted by Crippen LogP contribution is -2.54. The van der Waals surface area contributed by atoms with E-state index in [1.807, 2.05) is 7.05 Å². The average Bonchev–Trinajstić information content (AvgIpc) is 3.07. The number of hydrogen-bond acceptors (Lipinski definition) is 8. The van der Waals surface area contributed by atoms with Crippen LogP contribution in [0.3, 0.4) is 0 Å². The molecule has 0 saturated carbocycles. The smallest absolute Gasteiger partial charge is 0.332 e. The van der Waals surface area contributed by atoms with Crippen LogP contribution < -0.4 is 14.8 Å². The number of hydrogen-bond donors (Lipinski definition) is 1. The van der Waals surface area contributed by atoms with E-state index in [1.165, 1.54) is 0 Å². The topological polar surface area (TPSA) is 122 Å². The zero-order valence-electron chi connectivity index (χ0n) is 20.3. The number of amides is 4. The van der Waals surface area contributed by atoms with Gasteiger partial charge in [0.1, 0.15) is 0 Å². The normalized spacial score (nSPS) is 22.9. The molecule has 0 bridgehead atoms. The molecular formula is C24H30ClN3O7. The first-order valence-corrected chi connectivity index (χ1v) is 11.7. The summed E-state index contributed by atoms with van der Waals surface area (Å²) in [6.45, 7) is 5.61. The van der Waals surface area contributed by atoms with Gasteiger partial charge in [-0.15, -0.1) is 12.4 Å². The lowest BCUT2D eigenvalue weighted by atomic mass is 9.69. The van der Waals surface area contributed by atoms with Gasteiger partial charge in [0.2, 0.25) is 5.91 Å². The van der Waals surface area contributed by atoms with Gasteiger partial charge in [-0.25, -0.2) is 9.69 Å². The Bertz CT molecular complexity index is 1110. The molecule has 1 spiro atoms. The third kappa shape index (κ3) is 4.08. The van der Waals surface area contributed by atoms with Gasteiger partial charge in [-0.1, -0.05) is 20.8 Å². The number of ether oxygens (including phenoxy) is 2. The first kappa shape index (κ1) is 26.6. The lowest BCUT2D eigenvalue weighted by molar-refractivity contribution is -0.141. The first-order valence-electron chi connectivity index (χ1n) is 11.7. The molecule has 1 fully saturated rings. The minimum absolute atomic E-state index is 0. The average molecular weight is 508 g/mol. The summed E-state index contributed by atoms with van der Waals surface area (Å²) in [7, 11) is 1.97. The molecule has 2 unspecified atom stereocenters. The highest BCUT2D eigenvalue weighted by Gasteiger charge is 2.61. The highest BCUT2D eigenvalue weighted by molar-refractivity contribution is 6.15. The summed E-state index contributed by atoms with van der Waals surface area (Å²) in [4.78, 5) is 67.2. The van der Waals surface area contributed by atoms with Gasteiger partial charge in [0.25, 0.3) is 5.91 Å². The fraction of sp³-hybridized carbons (Fsp3) is 0.542. The van der Waals surface area contributed by atoms with Crippen LogP contribution in [0.2, 0.25) is 0 Å². The molecule has 1 aromatic rings. The molecule has 1 saturated heterocycles. The highest BCUT2D eigenvalue weighted by Crippen LogP contribution is 2.56. The van der Waals surface area contributed by atoms with Crippen molar-refractivity contribution in [2.24, 2.45) is 0 Å². The number of carbonyl (C=O) groups is 5. The number of halogens is 1. The summed E-state index contributed by atoms with van der Waals surface area (Å²) in [6, 6.07) is 0.767. The van der Waals surface area contributed by atoms with E-state index in [-0.39, 0.29) is 61.2 Å². The van der Waals surface area contributed by atoms with E-state index < -0.39 is 35.3 Å². The Kier molecular flexibility index (Phi) is 7.56. The largest absolute Gasteiger partial charge is 0.422 e. The van der Waals surface area contributed by atoms with Crippen molar-refractivity contribution >= 4 is 42.2 Å². The van der Waals surface area contributed by atoms with E-state index in [0.29, 0.717) is 12.8 Å². The van der Waals surface area contributed by atoms with Crippen LogP contribution in [0.25, 0.3) is 0 Å². The number of carbonyl (C=O) groups excluding carboxylic acids is 5. The van der Waals surface area contributed by atoms with Crippen LogP contribution in [-0.2, 0) is 31.1 Å². The van der Waals surface area contributed by atoms with Crippen LogP contribution in [0.15, 0.2) is 6.07 Å². The van der Waals surface area contributed by atoms with Gasteiger partial charge in [0, 0.05) is 37.4 Å². The molecule has 190 valence electrons. The molecular weight excluding hydrogens is 478 g/mol. The molecule has 3 aliphatic rings. The van der Waals surface area contributed by atoms with Crippen molar-refractivity contribution in [3.63, 3.8) is 0 Å². The van der Waals surface area contributed by atoms with Crippen LogP contribution >= 0.6 is 12.4 Å². The third-order valence-electron chi connectivity index (χ3n) is 6.91. The number of likely N-dealkylation sites (N-methyl/N-ethyl adjacent to an activating group) is 1. The lowest BCUT2D eigenvalue weighted by Gasteiger charge is -2.47. The molecule has 1 aliphatic carbocycles. The fourth-order valence-electron chi connectivity index (χ4n) is 5.24. The summed E-state index contributed by atoms with van der Waals surface area (Å²) in [5, 5.41) is 2.30. The molecule has 4 amide bonds. The molecule has 2 aliphatic heterocycles. The molecule has 1 N–H and O–H groups in total. The van der Waals surface area contributed by atoms with Gasteiger partial charge < -0.3 is 9.47 Å². The maximum atomic E-state index is 13.5. The van der Waals surface area contributed by atoms with Crippen molar-refractivity contribution in [2.45, 2.75) is 70.9 Å². The number of urea groups is 1. The van der Waals surface area contributed by atoms with Gasteiger partial charge >= 0.3 is 18.0 Å². The Morgan fingerprint density at radius 1 is 1.09 bits per heavy atom. The Hall–Kier alpha value is -2.98. The second-order valence-electron chi connectivity index (χ2n) is 8.79. The first-order chi connectivity index (χ1) is 16.2. The predicted molar refractivity (Wildman–Crippen MR) is 126 cm³/mol. The van der Waals surface area contributed by atoms with Crippen LogP contribution in [0.5, 0.6) is 11.5 Å². The van der Waals surface area contributed by atoms with Crippen LogP contribution in [0.4, 0.5) is 4.79 Å². The standard InChI is InChI=1S/C24H29N3O7.ClH/c1-5-16(28)27-23(32)25-22(31)24(27)10-8-14-19-13(9-11-26(14)4)12-15(33-17(29)6-2)21(20(19)24)34-18(30)7-3;/h12,14H,5-11H2,1-4H3,(H,25,31,32);1H. The molecule has 4 rings (SSSR count). The second-order valence-corrected chi connectivity index (χ2v) is 8.79. The summed E-state index contributed by atoms with van der Waals surface area (Å²) in [5.41, 5.74) is 0.150. The SMILES string of the molecule is CCC(=O)Oc1cc2c3c(c1OC(=O)CC)C1(CCC3N(C)CC2)C(=O)NC(=O)N1C(=O)CC.Cl. The fourth-order valence-corrected chi connectivity index (χ4v) is 5.24. The Labute approximate surface area is 209 Å². The number of imide groups is 2. The predicted octanol–water partition coefficient (Wildman–Crippen LogP) is 2.75. The molecule has 0 aromatic heterocycles. The van der Waals surface area contributed by atoms with Gasteiger partial charge in [0.15, 0.2) is 17.0 Å². The van der Waals surface area contributed by atoms with E-state index in [0.717, 1.165) is 22.6 Å². The molecule has 2 atom stereocenters. The van der Waals surface area contributed by atoms with E-state index in [4.69, 9.17) is 9.47 Å². The van der Waals surface area contributed by atoms with Crippen molar-refractivity contribution in [1.82, 2.24) is 15.1 Å². The van der Waals surface area contributed by atoms with Crippen LogP contribution in [0, 0.1) is 0 Å². The summed E-state index contributed by atoms with van der Waals surface area (Å²) >= 11 is 0. The van der Waals surface area contributed by atoms with Gasteiger partial charge in [0.05, 0.1) is 0 Å². The van der Waals surface area contributed by atoms with E-state index >= 15 is 0 Å². The zero-order valence-corrected chi connectivity index (χ0v) is 21.1. The molecule has 10 nitrogen and oxygen atoms in total. The molecule has 11 heteroatoms. The van der Waals surface area contributed by atoms with Gasteiger partial charge in [-0.2, -0.15) is 0 Å². The minimum atomic E-state index is -1.69. The van der Waals surface area contributed by atoms with E-state index in [1.54, 1.807) is 26.8 Å². The summed E-state index contributed by atoms with van der Waals surface area (Å²) in [6.07, 6.45) is 1.39. The van der Waals surface area contributed by atoms with Crippen molar-refractivity contribution in [3.05, 3.63) is 22.8 Å². The van der Waals surface area contributed by atoms with Gasteiger partial charge in [-0.05, 0) is 43.5 Å². The maximum Gasteiger partial charge on any atom is 0.332 e. The molecule has 0 radical (unpaired) electrons. The number of rotatable bonds is 5. The Morgan fingerprint density at radius 2 is 1.74 bits per heavy atom. The second kappa shape index (κ2) is 9.94. The van der Waals surface area contributed by atoms with E-state index in [2.05, 4.69) is 10.2 Å². The number of nitrogens with zero attached hydrogens (tertiary/aromatic N) is 2. The van der Waals surface area contributed by atoms with Crippen molar-refractivity contribution < 1.29 is 33.4 Å². The third-order valence-corrected chi connectivity index (χ3v) is 6.91. The van der Waals surface area contributed by atoms with Crippen molar-refractivity contribution in [2.75, 3.05) is 13.6 Å². The number of nitrogens with one attached hydrogen (secondary N) is 1. The van der Waals surface area contributed by atoms with Crippen molar-refractivity contribution in [3.8, 4) is 11.5 Å². The number of fused-ring (bicyclic) bond motifs is 1. The number of benzene rings is 1. The summed E-state index contributed by atoms with van der Waals surface area (Å²) in [5.74, 6) is -2.37. The Morgan fingerprint density at radius 3 is 2.37 bits per heavy atom. The van der Waals surface area contributed by atoms with E-state index in [9.17, 15) is 24.0 Å². The highest BCUT2D eigenvalue weighted by atomic mass is 35.5.